The maximum Gasteiger partial charge on any atom is 0.128 e. The highest BCUT2D eigenvalue weighted by molar-refractivity contribution is 6.10. The number of aromatic nitrogens is 2. The second-order valence-corrected chi connectivity index (χ2v) is 5.62. The van der Waals surface area contributed by atoms with Crippen LogP contribution in [-0.2, 0) is 7.05 Å². The molecule has 2 aromatic rings. The van der Waals surface area contributed by atoms with E-state index in [1.54, 1.807) is 5.57 Å². The summed E-state index contributed by atoms with van der Waals surface area (Å²) in [6.45, 7) is 0.896. The minimum Gasteiger partial charge on any atom is -0.340 e. The van der Waals surface area contributed by atoms with Gasteiger partial charge in [-0.05, 0) is 55.0 Å². The maximum absolute atomic E-state index is 4.67. The quantitative estimate of drug-likeness (QED) is 0.860. The van der Waals surface area contributed by atoms with E-state index in [1.807, 2.05) is 17.9 Å². The number of benzene rings is 1. The molecule has 0 saturated heterocycles. The van der Waals surface area contributed by atoms with Gasteiger partial charge in [-0.15, -0.1) is 0 Å². The van der Waals surface area contributed by atoms with Gasteiger partial charge in [0.1, 0.15) is 5.84 Å². The summed E-state index contributed by atoms with van der Waals surface area (Å²) in [4.78, 5) is 4.67. The summed E-state index contributed by atoms with van der Waals surface area (Å²) in [5.41, 5.74) is 5.26. The van der Waals surface area contributed by atoms with Gasteiger partial charge in [0.05, 0.1) is 18.3 Å². The van der Waals surface area contributed by atoms with Crippen LogP contribution in [-0.4, -0.2) is 22.2 Å². The lowest BCUT2D eigenvalue weighted by atomic mass is 9.93. The molecule has 0 fully saturated rings. The molecule has 1 N–H and O–H groups in total. The van der Waals surface area contributed by atoms with Gasteiger partial charge in [0.2, 0.25) is 0 Å². The molecule has 1 aliphatic carbocycles. The van der Waals surface area contributed by atoms with Crippen LogP contribution in [0, 0.1) is 0 Å². The van der Waals surface area contributed by atoms with Crippen LogP contribution in [0.1, 0.15) is 25.7 Å². The number of nitrogens with zero attached hydrogens (tertiary/aromatic N) is 3. The van der Waals surface area contributed by atoms with Crippen LogP contribution in [0.2, 0.25) is 0 Å². The highest BCUT2D eigenvalue weighted by atomic mass is 15.2. The van der Waals surface area contributed by atoms with Gasteiger partial charge in [0.25, 0.3) is 0 Å². The number of nitrogens with one attached hydrogen (secondary N) is 1. The first-order valence-corrected chi connectivity index (χ1v) is 7.26. The molecule has 0 unspecified atom stereocenters. The Bertz CT molecular complexity index is 736. The first-order valence-electron chi connectivity index (χ1n) is 7.26. The number of fused-ring (bicyclic) bond motifs is 1. The molecule has 0 radical (unpaired) electrons. The van der Waals surface area contributed by atoms with Crippen LogP contribution in [0.5, 0.6) is 0 Å². The normalized spacial score (nSPS) is 18.4. The minimum atomic E-state index is 0.896. The Hall–Kier alpha value is -2.10. The van der Waals surface area contributed by atoms with Crippen LogP contribution in [0.25, 0.3) is 10.9 Å². The lowest BCUT2D eigenvalue weighted by molar-refractivity contribution is 0.687. The highest BCUT2D eigenvalue weighted by Crippen LogP contribution is 2.30. The Morgan fingerprint density at radius 1 is 1.20 bits per heavy atom. The summed E-state index contributed by atoms with van der Waals surface area (Å²) in [7, 11) is 1.97. The van der Waals surface area contributed by atoms with Crippen molar-refractivity contribution in [3.8, 4) is 0 Å². The van der Waals surface area contributed by atoms with Gasteiger partial charge >= 0.3 is 0 Å². The molecule has 2 heterocycles. The molecule has 1 aliphatic heterocycles. The smallest absolute Gasteiger partial charge is 0.128 e. The van der Waals surface area contributed by atoms with Crippen LogP contribution in [0.4, 0.5) is 5.69 Å². The van der Waals surface area contributed by atoms with E-state index < -0.39 is 0 Å². The Morgan fingerprint density at radius 3 is 3.05 bits per heavy atom. The average molecular weight is 266 g/mol. The maximum atomic E-state index is 4.67. The zero-order valence-electron chi connectivity index (χ0n) is 11.7. The van der Waals surface area contributed by atoms with Crippen molar-refractivity contribution in [3.05, 3.63) is 35.5 Å². The van der Waals surface area contributed by atoms with E-state index in [0.29, 0.717) is 0 Å². The van der Waals surface area contributed by atoms with Crippen LogP contribution in [0.15, 0.2) is 40.5 Å². The molecule has 0 amide bonds. The lowest BCUT2D eigenvalue weighted by Crippen LogP contribution is -2.14. The number of hydrogen-bond donors (Lipinski definition) is 1. The van der Waals surface area contributed by atoms with Crippen molar-refractivity contribution in [2.24, 2.45) is 12.0 Å². The zero-order chi connectivity index (χ0) is 13.5. The summed E-state index contributed by atoms with van der Waals surface area (Å²) >= 11 is 0. The van der Waals surface area contributed by atoms with Crippen molar-refractivity contribution >= 4 is 22.4 Å². The van der Waals surface area contributed by atoms with E-state index in [4.69, 9.17) is 0 Å². The molecule has 4 rings (SSSR count). The van der Waals surface area contributed by atoms with Gasteiger partial charge < -0.3 is 5.32 Å². The Labute approximate surface area is 118 Å². The zero-order valence-corrected chi connectivity index (χ0v) is 11.7. The van der Waals surface area contributed by atoms with Gasteiger partial charge in [-0.2, -0.15) is 5.10 Å². The van der Waals surface area contributed by atoms with E-state index in [2.05, 4.69) is 33.6 Å². The van der Waals surface area contributed by atoms with Crippen LogP contribution in [0.3, 0.4) is 0 Å². The summed E-state index contributed by atoms with van der Waals surface area (Å²) in [6, 6.07) is 6.36. The molecule has 0 atom stereocenters. The summed E-state index contributed by atoms with van der Waals surface area (Å²) in [5, 5.41) is 8.94. The van der Waals surface area contributed by atoms with Crippen molar-refractivity contribution in [2.75, 3.05) is 11.9 Å². The topological polar surface area (TPSA) is 42.2 Å². The fourth-order valence-corrected chi connectivity index (χ4v) is 3.19. The number of amidine groups is 1. The monoisotopic (exact) mass is 266 g/mol. The van der Waals surface area contributed by atoms with E-state index in [-0.39, 0.29) is 0 Å². The predicted molar refractivity (Wildman–Crippen MR) is 82.1 cm³/mol. The number of aliphatic imine (C=N–C) groups is 1. The highest BCUT2D eigenvalue weighted by Gasteiger charge is 2.22. The molecule has 2 aliphatic rings. The molecule has 20 heavy (non-hydrogen) atoms. The first-order chi connectivity index (χ1) is 9.81. The number of hydrogen-bond acceptors (Lipinski definition) is 3. The SMILES string of the molecule is Cn1ncc2cc(NC3=NCC4=C3CCCC4)ccc21. The average Bonchev–Trinajstić information content (AvgIpc) is 3.04. The molecular weight excluding hydrogens is 248 g/mol. The third-order valence-electron chi connectivity index (χ3n) is 4.30. The molecule has 102 valence electrons. The summed E-state index contributed by atoms with van der Waals surface area (Å²) in [6.07, 6.45) is 6.93. The molecule has 0 saturated carbocycles. The van der Waals surface area contributed by atoms with E-state index >= 15 is 0 Å². The van der Waals surface area contributed by atoms with Crippen LogP contribution >= 0.6 is 0 Å². The molecule has 1 aromatic heterocycles. The van der Waals surface area contributed by atoms with Crippen LogP contribution < -0.4 is 5.32 Å². The molecule has 4 heteroatoms. The molecule has 1 aromatic carbocycles. The summed E-state index contributed by atoms with van der Waals surface area (Å²) < 4.78 is 1.90. The largest absolute Gasteiger partial charge is 0.340 e. The molecule has 0 spiro atoms. The minimum absolute atomic E-state index is 0.896. The van der Waals surface area contributed by atoms with Gasteiger partial charge in [0.15, 0.2) is 0 Å². The third-order valence-corrected chi connectivity index (χ3v) is 4.30. The van der Waals surface area contributed by atoms with Crippen molar-refractivity contribution < 1.29 is 0 Å². The van der Waals surface area contributed by atoms with Gasteiger partial charge in [-0.1, -0.05) is 0 Å². The van der Waals surface area contributed by atoms with E-state index in [0.717, 1.165) is 29.0 Å². The van der Waals surface area contributed by atoms with E-state index in [1.165, 1.54) is 31.3 Å². The lowest BCUT2D eigenvalue weighted by Gasteiger charge is -2.16. The fraction of sp³-hybridized carbons (Fsp3) is 0.375. The Balaban J connectivity index is 1.63. The Morgan fingerprint density at radius 2 is 2.10 bits per heavy atom. The Kier molecular flexibility index (Phi) is 2.62. The molecular formula is C16H18N4. The second kappa shape index (κ2) is 4.47. The van der Waals surface area contributed by atoms with Crippen molar-refractivity contribution in [2.45, 2.75) is 25.7 Å². The fourth-order valence-electron chi connectivity index (χ4n) is 3.19. The summed E-state index contributed by atoms with van der Waals surface area (Å²) in [5.74, 6) is 1.09. The molecule has 4 nitrogen and oxygen atoms in total. The van der Waals surface area contributed by atoms with Gasteiger partial charge in [0, 0.05) is 18.1 Å². The van der Waals surface area contributed by atoms with Gasteiger partial charge in [-0.25, -0.2) is 0 Å². The van der Waals surface area contributed by atoms with Crippen molar-refractivity contribution in [3.63, 3.8) is 0 Å². The van der Waals surface area contributed by atoms with Crippen molar-refractivity contribution in [1.29, 1.82) is 0 Å². The number of anilines is 1. The predicted octanol–water partition coefficient (Wildman–Crippen LogP) is 3.27. The third kappa shape index (κ3) is 1.83. The standard InChI is InChI=1S/C16H18N4/c1-20-15-7-6-13(8-12(15)10-18-20)19-16-14-5-3-2-4-11(14)9-17-16/h6-8,10H,2-5,9H2,1H3,(H,17,19). The second-order valence-electron chi connectivity index (χ2n) is 5.62. The molecule has 0 bridgehead atoms. The van der Waals surface area contributed by atoms with Gasteiger partial charge in [-0.3, -0.25) is 9.67 Å². The first kappa shape index (κ1) is 11.7. The number of aryl methyl sites for hydroxylation is 1. The number of rotatable bonds is 1. The van der Waals surface area contributed by atoms with Crippen molar-refractivity contribution in [1.82, 2.24) is 9.78 Å². The van der Waals surface area contributed by atoms with E-state index in [9.17, 15) is 0 Å².